The van der Waals surface area contributed by atoms with E-state index in [-0.39, 0.29) is 18.0 Å². The van der Waals surface area contributed by atoms with Crippen LogP contribution in [0.3, 0.4) is 0 Å². The first-order valence-electron chi connectivity index (χ1n) is 6.78. The summed E-state index contributed by atoms with van der Waals surface area (Å²) in [6.45, 7) is 1.83. The molecule has 6 heteroatoms. The van der Waals surface area contributed by atoms with Gasteiger partial charge in [-0.15, -0.1) is 11.8 Å². The van der Waals surface area contributed by atoms with Crippen molar-refractivity contribution in [1.29, 1.82) is 0 Å². The Morgan fingerprint density at radius 3 is 3.20 bits per heavy atom. The van der Waals surface area contributed by atoms with Gasteiger partial charge in [-0.05, 0) is 30.2 Å². The average molecular weight is 313 g/mol. The van der Waals surface area contributed by atoms with Crippen molar-refractivity contribution >= 4 is 29.3 Å². The van der Waals surface area contributed by atoms with Crippen molar-refractivity contribution < 1.29 is 9.53 Å². The lowest BCUT2D eigenvalue weighted by Gasteiger charge is -2.29. The van der Waals surface area contributed by atoms with Crippen LogP contribution in [0.25, 0.3) is 0 Å². The fourth-order valence-corrected chi connectivity index (χ4v) is 3.81. The highest BCUT2D eigenvalue weighted by molar-refractivity contribution is 7.99. The van der Waals surface area contributed by atoms with Crippen LogP contribution in [-0.4, -0.2) is 37.5 Å². The van der Waals surface area contributed by atoms with Gasteiger partial charge in [-0.25, -0.2) is 0 Å². The van der Waals surface area contributed by atoms with Crippen LogP contribution in [0.2, 0.25) is 5.02 Å². The molecule has 1 amide bonds. The van der Waals surface area contributed by atoms with Crippen LogP contribution in [0.4, 0.5) is 0 Å². The molecule has 0 radical (unpaired) electrons. The van der Waals surface area contributed by atoms with Crippen LogP contribution in [-0.2, 0) is 9.53 Å². The van der Waals surface area contributed by atoms with Gasteiger partial charge in [0, 0.05) is 22.2 Å². The number of nitrogens with one attached hydrogen (secondary N) is 2. The molecule has 108 valence electrons. The predicted octanol–water partition coefficient (Wildman–Crippen LogP) is 1.98. The fourth-order valence-electron chi connectivity index (χ4n) is 2.52. The molecule has 0 aliphatic carbocycles. The summed E-state index contributed by atoms with van der Waals surface area (Å²) in [6, 6.07) is 5.68. The molecule has 2 unspecified atom stereocenters. The molecular weight excluding hydrogens is 296 g/mol. The number of halogens is 1. The van der Waals surface area contributed by atoms with Gasteiger partial charge < -0.3 is 15.4 Å². The molecule has 2 aliphatic rings. The molecule has 1 aromatic rings. The van der Waals surface area contributed by atoms with Crippen molar-refractivity contribution in [2.24, 2.45) is 0 Å². The molecule has 2 heterocycles. The number of hydrogen-bond acceptors (Lipinski definition) is 4. The Hall–Kier alpha value is -0.750. The molecule has 1 saturated heterocycles. The highest BCUT2D eigenvalue weighted by atomic mass is 35.5. The number of carbonyl (C=O) groups excluding carboxylic acids is 1. The number of benzene rings is 1. The van der Waals surface area contributed by atoms with E-state index in [2.05, 4.69) is 10.6 Å². The van der Waals surface area contributed by atoms with Gasteiger partial charge in [0.25, 0.3) is 0 Å². The van der Waals surface area contributed by atoms with Gasteiger partial charge in [-0.3, -0.25) is 4.79 Å². The van der Waals surface area contributed by atoms with E-state index in [0.717, 1.165) is 24.3 Å². The second kappa shape index (κ2) is 6.35. The summed E-state index contributed by atoms with van der Waals surface area (Å²) >= 11 is 7.89. The first-order valence-corrected chi connectivity index (χ1v) is 8.14. The van der Waals surface area contributed by atoms with Gasteiger partial charge in [0.1, 0.15) is 6.04 Å². The zero-order valence-electron chi connectivity index (χ0n) is 11.0. The fraction of sp³-hybridized carbons (Fsp3) is 0.500. The lowest BCUT2D eigenvalue weighted by Crippen LogP contribution is -2.52. The maximum absolute atomic E-state index is 12.3. The molecule has 2 aliphatic heterocycles. The summed E-state index contributed by atoms with van der Waals surface area (Å²) in [5.41, 5.74) is 1.12. The molecule has 2 N–H and O–H groups in total. The first kappa shape index (κ1) is 14.2. The first-order chi connectivity index (χ1) is 9.74. The van der Waals surface area contributed by atoms with Crippen molar-refractivity contribution in [2.75, 3.05) is 25.5 Å². The van der Waals surface area contributed by atoms with Crippen LogP contribution in [0, 0.1) is 0 Å². The minimum Gasteiger partial charge on any atom is -0.378 e. The number of fused-ring (bicyclic) bond motifs is 1. The Labute approximate surface area is 127 Å². The van der Waals surface area contributed by atoms with Crippen LogP contribution >= 0.6 is 23.4 Å². The van der Waals surface area contributed by atoms with E-state index in [0.29, 0.717) is 18.2 Å². The van der Waals surface area contributed by atoms with E-state index in [4.69, 9.17) is 16.3 Å². The molecule has 0 bridgehead atoms. The second-order valence-corrected chi connectivity index (χ2v) is 6.54. The van der Waals surface area contributed by atoms with Crippen molar-refractivity contribution in [3.63, 3.8) is 0 Å². The SMILES string of the molecule is O=C(NC1CCSc2ccc(Cl)cc21)C1COCCN1. The number of ether oxygens (including phenoxy) is 1. The number of hydrogen-bond donors (Lipinski definition) is 2. The molecular formula is C14H17ClN2O2S. The standard InChI is InChI=1S/C14H17ClN2O2S/c15-9-1-2-13-10(7-9)11(3-6-20-13)17-14(18)12-8-19-5-4-16-12/h1-2,7,11-12,16H,3-6,8H2,(H,17,18). The summed E-state index contributed by atoms with van der Waals surface area (Å²) in [4.78, 5) is 13.5. The molecule has 4 nitrogen and oxygen atoms in total. The van der Waals surface area contributed by atoms with Gasteiger partial charge in [0.2, 0.25) is 5.91 Å². The largest absolute Gasteiger partial charge is 0.378 e. The third kappa shape index (κ3) is 3.11. The van der Waals surface area contributed by atoms with Gasteiger partial charge in [-0.1, -0.05) is 11.6 Å². The quantitative estimate of drug-likeness (QED) is 0.877. The molecule has 3 rings (SSSR count). The average Bonchev–Trinajstić information content (AvgIpc) is 2.49. The van der Waals surface area contributed by atoms with E-state index in [1.807, 2.05) is 30.0 Å². The van der Waals surface area contributed by atoms with Crippen molar-refractivity contribution in [3.8, 4) is 0 Å². The van der Waals surface area contributed by atoms with E-state index in [1.165, 1.54) is 4.90 Å². The van der Waals surface area contributed by atoms with Gasteiger partial charge in [0.15, 0.2) is 0 Å². The van der Waals surface area contributed by atoms with Crippen LogP contribution in [0.15, 0.2) is 23.1 Å². The lowest BCUT2D eigenvalue weighted by molar-refractivity contribution is -0.126. The minimum atomic E-state index is -0.249. The molecule has 0 spiro atoms. The minimum absolute atomic E-state index is 0.00697. The third-order valence-corrected chi connectivity index (χ3v) is 4.92. The molecule has 0 aromatic heterocycles. The topological polar surface area (TPSA) is 50.4 Å². The van der Waals surface area contributed by atoms with Gasteiger partial charge in [-0.2, -0.15) is 0 Å². The third-order valence-electron chi connectivity index (χ3n) is 3.57. The smallest absolute Gasteiger partial charge is 0.240 e. The summed E-state index contributed by atoms with van der Waals surface area (Å²) in [6.07, 6.45) is 0.928. The zero-order chi connectivity index (χ0) is 13.9. The summed E-state index contributed by atoms with van der Waals surface area (Å²) < 4.78 is 5.33. The molecule has 20 heavy (non-hydrogen) atoms. The highest BCUT2D eigenvalue weighted by Gasteiger charge is 2.27. The summed E-state index contributed by atoms with van der Waals surface area (Å²) in [7, 11) is 0. The maximum atomic E-state index is 12.3. The number of morpholine rings is 1. The van der Waals surface area contributed by atoms with Crippen LogP contribution < -0.4 is 10.6 Å². The van der Waals surface area contributed by atoms with Crippen molar-refractivity contribution in [3.05, 3.63) is 28.8 Å². The van der Waals surface area contributed by atoms with E-state index >= 15 is 0 Å². The lowest BCUT2D eigenvalue weighted by atomic mass is 10.0. The monoisotopic (exact) mass is 312 g/mol. The van der Waals surface area contributed by atoms with Crippen molar-refractivity contribution in [2.45, 2.75) is 23.4 Å². The number of carbonyl (C=O) groups is 1. The Bertz CT molecular complexity index is 506. The normalized spacial score (nSPS) is 25.9. The van der Waals surface area contributed by atoms with E-state index in [9.17, 15) is 4.79 Å². The number of rotatable bonds is 2. The highest BCUT2D eigenvalue weighted by Crippen LogP contribution is 2.37. The van der Waals surface area contributed by atoms with E-state index in [1.54, 1.807) is 0 Å². The molecule has 0 saturated carbocycles. The summed E-state index contributed by atoms with van der Waals surface area (Å²) in [5, 5.41) is 7.01. The van der Waals surface area contributed by atoms with Crippen molar-refractivity contribution in [1.82, 2.24) is 10.6 Å². The number of amides is 1. The molecule has 1 fully saturated rings. The Morgan fingerprint density at radius 2 is 2.40 bits per heavy atom. The Morgan fingerprint density at radius 1 is 1.50 bits per heavy atom. The van der Waals surface area contributed by atoms with Crippen LogP contribution in [0.1, 0.15) is 18.0 Å². The maximum Gasteiger partial charge on any atom is 0.240 e. The Balaban J connectivity index is 1.72. The predicted molar refractivity (Wildman–Crippen MR) is 80.3 cm³/mol. The molecule has 2 atom stereocenters. The van der Waals surface area contributed by atoms with Crippen LogP contribution in [0.5, 0.6) is 0 Å². The van der Waals surface area contributed by atoms with Gasteiger partial charge in [0.05, 0.1) is 19.3 Å². The molecule has 1 aromatic carbocycles. The zero-order valence-corrected chi connectivity index (χ0v) is 12.6. The van der Waals surface area contributed by atoms with Gasteiger partial charge >= 0.3 is 0 Å². The second-order valence-electron chi connectivity index (χ2n) is 4.96. The number of thioether (sulfide) groups is 1. The van der Waals surface area contributed by atoms with E-state index < -0.39 is 0 Å². The summed E-state index contributed by atoms with van der Waals surface area (Å²) in [5.74, 6) is 1.02. The Kier molecular flexibility index (Phi) is 4.51.